The van der Waals surface area contributed by atoms with Crippen LogP contribution in [-0.2, 0) is 4.79 Å². The fraction of sp³-hybridized carbons (Fsp3) is 0.375. The molecule has 5 rings (SSSR count). The number of pyridine rings is 1. The van der Waals surface area contributed by atoms with Crippen LogP contribution in [0.15, 0.2) is 35.7 Å². The molecule has 2 aromatic rings. The summed E-state index contributed by atoms with van der Waals surface area (Å²) < 4.78 is 44.9. The van der Waals surface area contributed by atoms with Crippen LogP contribution in [0.5, 0.6) is 5.88 Å². The van der Waals surface area contributed by atoms with E-state index < -0.39 is 34.7 Å². The van der Waals surface area contributed by atoms with Gasteiger partial charge >= 0.3 is 12.1 Å². The molecular formula is C24H21F3N4O3. The van der Waals surface area contributed by atoms with Gasteiger partial charge < -0.3 is 15.3 Å². The number of amides is 1. The first-order valence-corrected chi connectivity index (χ1v) is 10.7. The molecule has 7 nitrogen and oxygen atoms in total. The van der Waals surface area contributed by atoms with Gasteiger partial charge in [-0.2, -0.15) is 18.4 Å². The number of ether oxygens (including phenoxy) is 1. The van der Waals surface area contributed by atoms with E-state index in [0.717, 1.165) is 0 Å². The molecule has 1 saturated carbocycles. The third kappa shape index (κ3) is 3.04. The number of halogens is 3. The van der Waals surface area contributed by atoms with Crippen molar-refractivity contribution < 1.29 is 22.7 Å². The summed E-state index contributed by atoms with van der Waals surface area (Å²) in [7, 11) is 1.21. The summed E-state index contributed by atoms with van der Waals surface area (Å²) in [6, 6.07) is 6.54. The van der Waals surface area contributed by atoms with Gasteiger partial charge in [-0.05, 0) is 38.3 Å². The van der Waals surface area contributed by atoms with Gasteiger partial charge in [-0.15, -0.1) is 0 Å². The van der Waals surface area contributed by atoms with Gasteiger partial charge in [0, 0.05) is 23.5 Å². The predicted molar refractivity (Wildman–Crippen MR) is 118 cm³/mol. The van der Waals surface area contributed by atoms with Crippen molar-refractivity contribution in [1.82, 2.24) is 9.63 Å². The number of rotatable bonds is 3. The maximum atomic E-state index is 13.5. The number of carbonyl (C=O) groups excluding carboxylic acids is 1. The number of carbonyl (C=O) groups is 1. The van der Waals surface area contributed by atoms with Crippen LogP contribution < -0.4 is 14.7 Å². The van der Waals surface area contributed by atoms with Crippen molar-refractivity contribution >= 4 is 17.3 Å². The van der Waals surface area contributed by atoms with E-state index in [1.165, 1.54) is 19.3 Å². The third-order valence-electron chi connectivity index (χ3n) is 7.05. The Morgan fingerprint density at radius 3 is 2.68 bits per heavy atom. The second kappa shape index (κ2) is 7.04. The number of nitrogens with one attached hydrogen (secondary N) is 1. The summed E-state index contributed by atoms with van der Waals surface area (Å²) in [6.07, 6.45) is -2.91. The van der Waals surface area contributed by atoms with E-state index in [2.05, 4.69) is 10.3 Å². The van der Waals surface area contributed by atoms with E-state index in [1.54, 1.807) is 26.0 Å². The highest BCUT2D eigenvalue weighted by molar-refractivity contribution is 6.09. The maximum Gasteiger partial charge on any atom is 0.397 e. The van der Waals surface area contributed by atoms with Gasteiger partial charge in [0.15, 0.2) is 0 Å². The highest BCUT2D eigenvalue weighted by Gasteiger charge is 2.64. The number of benzene rings is 1. The summed E-state index contributed by atoms with van der Waals surface area (Å²) in [5.74, 6) is -1.50. The molecule has 1 N–H and O–H groups in total. The zero-order chi connectivity index (χ0) is 24.6. The standard InChI is InChI=1S/C24H21F3N4O3/c1-12-10-29-21(34-11-23(6-7-23)24(25,26)27)19-18-15-5-4-14(9-28)8-16(15)31(3,33)22(32)17(18)13(2)30-20(12)19/h4-5,8,10,18,30H,6-7,11H2,1-3H3/t18-,31?/m1/s1. The molecule has 0 saturated heterocycles. The molecule has 2 atom stereocenters. The molecule has 1 aromatic heterocycles. The van der Waals surface area contributed by atoms with Crippen molar-refractivity contribution in [3.05, 3.63) is 63.1 Å². The van der Waals surface area contributed by atoms with Crippen molar-refractivity contribution in [2.45, 2.75) is 38.8 Å². The normalized spacial score (nSPS) is 24.4. The fourth-order valence-corrected chi connectivity index (χ4v) is 4.80. The lowest BCUT2D eigenvalue weighted by Crippen LogP contribution is -2.51. The molecule has 1 aliphatic carbocycles. The number of quaternary nitrogens is 1. The van der Waals surface area contributed by atoms with Crippen LogP contribution in [0.3, 0.4) is 0 Å². The van der Waals surface area contributed by atoms with Gasteiger partial charge in [-0.25, -0.2) is 9.78 Å². The molecule has 176 valence electrons. The second-order valence-corrected chi connectivity index (χ2v) is 9.31. The summed E-state index contributed by atoms with van der Waals surface area (Å²) in [6.45, 7) is 2.89. The fourth-order valence-electron chi connectivity index (χ4n) is 4.80. The number of nitrogens with zero attached hydrogens (tertiary/aromatic N) is 3. The third-order valence-corrected chi connectivity index (χ3v) is 7.05. The summed E-state index contributed by atoms with van der Waals surface area (Å²) in [4.78, 5) is 17.7. The Morgan fingerprint density at radius 1 is 1.35 bits per heavy atom. The molecule has 10 heteroatoms. The zero-order valence-electron chi connectivity index (χ0n) is 18.7. The van der Waals surface area contributed by atoms with Crippen molar-refractivity contribution in [1.29, 1.82) is 5.26 Å². The van der Waals surface area contributed by atoms with Gasteiger partial charge in [0.25, 0.3) is 0 Å². The number of fused-ring (bicyclic) bond motifs is 5. The summed E-state index contributed by atoms with van der Waals surface area (Å²) in [5.41, 5.74) is 1.33. The number of alkyl halides is 3. The van der Waals surface area contributed by atoms with Gasteiger partial charge in [-0.3, -0.25) is 4.65 Å². The molecular weight excluding hydrogens is 449 g/mol. The topological polar surface area (TPSA) is 98.1 Å². The number of aromatic nitrogens is 1. The van der Waals surface area contributed by atoms with Gasteiger partial charge in [-0.1, -0.05) is 6.07 Å². The minimum atomic E-state index is -4.39. The van der Waals surface area contributed by atoms with Crippen molar-refractivity contribution in [3.8, 4) is 11.9 Å². The average Bonchev–Trinajstić information content (AvgIpc) is 3.58. The van der Waals surface area contributed by atoms with E-state index in [0.29, 0.717) is 28.1 Å². The van der Waals surface area contributed by atoms with E-state index in [4.69, 9.17) is 4.74 Å². The molecule has 1 amide bonds. The Labute approximate surface area is 193 Å². The van der Waals surface area contributed by atoms with E-state index in [-0.39, 0.29) is 35.5 Å². The van der Waals surface area contributed by atoms with E-state index in [1.807, 2.05) is 6.07 Å². The van der Waals surface area contributed by atoms with Crippen LogP contribution in [0.25, 0.3) is 0 Å². The summed E-state index contributed by atoms with van der Waals surface area (Å²) in [5, 5.41) is 25.9. The number of hydrogen-bond donors (Lipinski definition) is 1. The molecule has 3 heterocycles. The maximum absolute atomic E-state index is 13.5. The van der Waals surface area contributed by atoms with Crippen LogP contribution >= 0.6 is 0 Å². The Kier molecular flexibility index (Phi) is 4.63. The molecule has 2 aliphatic heterocycles. The molecule has 0 spiro atoms. The smallest absolute Gasteiger partial charge is 0.397 e. The summed E-state index contributed by atoms with van der Waals surface area (Å²) >= 11 is 0. The molecule has 3 aliphatic rings. The average molecular weight is 470 g/mol. The molecule has 1 fully saturated rings. The number of allylic oxidation sites excluding steroid dienone is 1. The van der Waals surface area contributed by atoms with Gasteiger partial charge in [0.2, 0.25) is 5.88 Å². The van der Waals surface area contributed by atoms with E-state index in [9.17, 15) is 28.4 Å². The zero-order valence-corrected chi connectivity index (χ0v) is 18.7. The number of hydrogen-bond acceptors (Lipinski definition) is 6. The Balaban J connectivity index is 1.69. The molecule has 34 heavy (non-hydrogen) atoms. The number of anilines is 1. The Morgan fingerprint density at radius 2 is 2.06 bits per heavy atom. The minimum absolute atomic E-state index is 0.0104. The lowest BCUT2D eigenvalue weighted by Gasteiger charge is -2.45. The molecule has 1 aromatic carbocycles. The van der Waals surface area contributed by atoms with Crippen LogP contribution in [0.4, 0.5) is 24.5 Å². The second-order valence-electron chi connectivity index (χ2n) is 9.31. The first-order chi connectivity index (χ1) is 15.9. The van der Waals surface area contributed by atoms with Crippen molar-refractivity contribution in [2.24, 2.45) is 5.41 Å². The quantitative estimate of drug-likeness (QED) is 0.512. The van der Waals surface area contributed by atoms with Crippen LogP contribution in [0.2, 0.25) is 0 Å². The lowest BCUT2D eigenvalue weighted by molar-refractivity contribution is -0.194. The van der Waals surface area contributed by atoms with Crippen LogP contribution in [-0.4, -0.2) is 30.7 Å². The predicted octanol–water partition coefficient (Wildman–Crippen LogP) is 4.79. The largest absolute Gasteiger partial charge is 0.620 e. The van der Waals surface area contributed by atoms with Crippen molar-refractivity contribution in [3.63, 3.8) is 0 Å². The number of nitriles is 1. The number of likely N-dealkylation sites (N-methyl/N-ethyl adjacent to an activating group) is 1. The minimum Gasteiger partial charge on any atom is -0.620 e. The monoisotopic (exact) mass is 470 g/mol. The first kappa shape index (κ1) is 22.4. The van der Waals surface area contributed by atoms with Gasteiger partial charge in [0.05, 0.1) is 41.4 Å². The van der Waals surface area contributed by atoms with Gasteiger partial charge in [0.1, 0.15) is 17.7 Å². The first-order valence-electron chi connectivity index (χ1n) is 10.7. The van der Waals surface area contributed by atoms with Crippen molar-refractivity contribution in [2.75, 3.05) is 19.0 Å². The molecule has 0 bridgehead atoms. The number of hydroxylamine groups is 2. The van der Waals surface area contributed by atoms with Crippen LogP contribution in [0, 0.1) is 28.9 Å². The lowest BCUT2D eigenvalue weighted by atomic mass is 9.76. The SMILES string of the molecule is CC1=C2C(=O)[N+](C)([O-])c3cc(C#N)ccc3[C@H]2c2c(OCC3(C(F)(F)F)CC3)ncc(C)c2N1. The highest BCUT2D eigenvalue weighted by atomic mass is 19.4. The number of aryl methyl sites for hydroxylation is 1. The molecule has 1 unspecified atom stereocenters. The van der Waals surface area contributed by atoms with E-state index >= 15 is 0 Å². The molecule has 0 radical (unpaired) electrons. The highest BCUT2D eigenvalue weighted by Crippen LogP contribution is 2.58. The van der Waals surface area contributed by atoms with Crippen LogP contribution in [0.1, 0.15) is 47.9 Å². The Hall–Kier alpha value is -3.42. The Bertz CT molecular complexity index is 1320.